The van der Waals surface area contributed by atoms with E-state index in [2.05, 4.69) is 27.3 Å². The monoisotopic (exact) mass is 371 g/mol. The molecule has 2 rings (SSSR count). The van der Waals surface area contributed by atoms with Crippen LogP contribution in [0.3, 0.4) is 0 Å². The molecule has 0 aromatic carbocycles. The minimum Gasteiger partial charge on any atom is -0.369 e. The molecule has 0 aliphatic heterocycles. The molecule has 1 aromatic rings. The zero-order chi connectivity index (χ0) is 14.6. The van der Waals surface area contributed by atoms with E-state index >= 15 is 0 Å². The molecule has 7 heteroatoms. The van der Waals surface area contributed by atoms with Gasteiger partial charge >= 0.3 is 6.18 Å². The molecule has 1 aliphatic rings. The third-order valence-electron chi connectivity index (χ3n) is 3.30. The van der Waals surface area contributed by atoms with E-state index in [0.29, 0.717) is 6.42 Å². The molecule has 2 nitrogen and oxygen atoms in total. The zero-order valence-electron chi connectivity index (χ0n) is 10.9. The Balaban J connectivity index is 1.73. The van der Waals surface area contributed by atoms with E-state index in [4.69, 9.17) is 4.74 Å². The molecular formula is C13H17BrF3NOS. The Bertz CT molecular complexity index is 424. The second kappa shape index (κ2) is 7.24. The molecule has 1 saturated carbocycles. The minimum atomic E-state index is -4.23. The van der Waals surface area contributed by atoms with Crippen molar-refractivity contribution in [1.29, 1.82) is 0 Å². The lowest BCUT2D eigenvalue weighted by Crippen LogP contribution is -2.37. The third kappa shape index (κ3) is 5.71. The number of alkyl halides is 3. The van der Waals surface area contributed by atoms with Crippen molar-refractivity contribution in [1.82, 2.24) is 5.32 Å². The van der Waals surface area contributed by atoms with Crippen molar-refractivity contribution in [3.05, 3.63) is 20.8 Å². The average Bonchev–Trinajstić information content (AvgIpc) is 2.80. The second-order valence-electron chi connectivity index (χ2n) is 5.02. The van der Waals surface area contributed by atoms with Crippen LogP contribution in [0, 0.1) is 0 Å². The first-order valence-electron chi connectivity index (χ1n) is 6.57. The molecule has 20 heavy (non-hydrogen) atoms. The number of hydrogen-bond acceptors (Lipinski definition) is 3. The first-order valence-corrected chi connectivity index (χ1v) is 8.24. The van der Waals surface area contributed by atoms with E-state index < -0.39 is 12.8 Å². The summed E-state index contributed by atoms with van der Waals surface area (Å²) in [5.74, 6) is 0. The molecule has 1 aromatic heterocycles. The van der Waals surface area contributed by atoms with Crippen molar-refractivity contribution >= 4 is 27.3 Å². The van der Waals surface area contributed by atoms with Crippen LogP contribution in [0.4, 0.5) is 13.2 Å². The fourth-order valence-corrected chi connectivity index (χ4v) is 3.79. The van der Waals surface area contributed by atoms with Crippen molar-refractivity contribution in [2.24, 2.45) is 0 Å². The van der Waals surface area contributed by atoms with Gasteiger partial charge in [0.1, 0.15) is 6.61 Å². The standard InChI is InChI=1S/C13H17BrF3NOS/c14-9-4-12(20-7-9)6-18-10-2-1-3-11(5-10)19-8-13(15,16)17/h4,7,10-11,18H,1-3,5-6,8H2. The van der Waals surface area contributed by atoms with Gasteiger partial charge in [-0.3, -0.25) is 0 Å². The van der Waals surface area contributed by atoms with Crippen LogP contribution in [0.2, 0.25) is 0 Å². The van der Waals surface area contributed by atoms with E-state index in [-0.39, 0.29) is 12.1 Å². The van der Waals surface area contributed by atoms with Gasteiger partial charge in [-0.05, 0) is 47.7 Å². The molecule has 0 spiro atoms. The molecule has 114 valence electrons. The van der Waals surface area contributed by atoms with Crippen molar-refractivity contribution in [2.75, 3.05) is 6.61 Å². The molecule has 2 unspecified atom stereocenters. The Hall–Kier alpha value is -0.110. The van der Waals surface area contributed by atoms with Crippen LogP contribution in [-0.2, 0) is 11.3 Å². The van der Waals surface area contributed by atoms with Gasteiger partial charge in [0.25, 0.3) is 0 Å². The predicted octanol–water partition coefficient (Wildman–Crippen LogP) is 4.49. The number of halogens is 4. The lowest BCUT2D eigenvalue weighted by molar-refractivity contribution is -0.188. The van der Waals surface area contributed by atoms with E-state index in [9.17, 15) is 13.2 Å². The lowest BCUT2D eigenvalue weighted by Gasteiger charge is -2.30. The van der Waals surface area contributed by atoms with Gasteiger partial charge in [-0.2, -0.15) is 13.2 Å². The minimum absolute atomic E-state index is 0.239. The lowest BCUT2D eigenvalue weighted by atomic mass is 9.93. The van der Waals surface area contributed by atoms with Gasteiger partial charge in [0.15, 0.2) is 0 Å². The average molecular weight is 372 g/mol. The normalized spacial score (nSPS) is 24.0. The first kappa shape index (κ1) is 16.3. The van der Waals surface area contributed by atoms with Crippen LogP contribution in [0.25, 0.3) is 0 Å². The second-order valence-corrected chi connectivity index (χ2v) is 6.94. The molecule has 1 N–H and O–H groups in total. The van der Waals surface area contributed by atoms with Gasteiger partial charge in [0.2, 0.25) is 0 Å². The van der Waals surface area contributed by atoms with Crippen molar-refractivity contribution in [3.8, 4) is 0 Å². The van der Waals surface area contributed by atoms with Crippen molar-refractivity contribution in [2.45, 2.75) is 50.6 Å². The van der Waals surface area contributed by atoms with Gasteiger partial charge in [-0.25, -0.2) is 0 Å². The van der Waals surface area contributed by atoms with Crippen LogP contribution in [0.1, 0.15) is 30.6 Å². The molecule has 0 saturated heterocycles. The molecule has 1 aliphatic carbocycles. The number of thiophene rings is 1. The topological polar surface area (TPSA) is 21.3 Å². The Morgan fingerprint density at radius 2 is 2.20 bits per heavy atom. The SMILES string of the molecule is FC(F)(F)COC1CCCC(NCc2cc(Br)cs2)C1. The summed E-state index contributed by atoms with van der Waals surface area (Å²) in [5, 5.41) is 5.43. The smallest absolute Gasteiger partial charge is 0.369 e. The Morgan fingerprint density at radius 3 is 2.85 bits per heavy atom. The van der Waals surface area contributed by atoms with Crippen LogP contribution in [0.5, 0.6) is 0 Å². The van der Waals surface area contributed by atoms with Crippen LogP contribution >= 0.6 is 27.3 Å². The predicted molar refractivity (Wildman–Crippen MR) is 76.9 cm³/mol. The molecular weight excluding hydrogens is 355 g/mol. The number of nitrogens with one attached hydrogen (secondary N) is 1. The van der Waals surface area contributed by atoms with E-state index in [1.807, 2.05) is 5.38 Å². The summed E-state index contributed by atoms with van der Waals surface area (Å²) < 4.78 is 42.4. The van der Waals surface area contributed by atoms with Crippen LogP contribution in [-0.4, -0.2) is 24.9 Å². The summed E-state index contributed by atoms with van der Waals surface area (Å²) in [6.45, 7) is -0.380. The quantitative estimate of drug-likeness (QED) is 0.823. The first-order chi connectivity index (χ1) is 9.42. The number of ether oxygens (including phenoxy) is 1. The highest BCUT2D eigenvalue weighted by molar-refractivity contribution is 9.10. The molecule has 1 fully saturated rings. The Kier molecular flexibility index (Phi) is 5.89. The molecule has 1 heterocycles. The summed E-state index contributed by atoms with van der Waals surface area (Å²) in [4.78, 5) is 1.22. The Morgan fingerprint density at radius 1 is 1.40 bits per heavy atom. The maximum atomic E-state index is 12.1. The zero-order valence-corrected chi connectivity index (χ0v) is 13.3. The largest absolute Gasteiger partial charge is 0.411 e. The molecule has 0 bridgehead atoms. The molecule has 0 radical (unpaired) electrons. The summed E-state index contributed by atoms with van der Waals surface area (Å²) >= 11 is 5.07. The molecule has 0 amide bonds. The number of rotatable bonds is 5. The van der Waals surface area contributed by atoms with E-state index in [0.717, 1.165) is 30.3 Å². The van der Waals surface area contributed by atoms with E-state index in [1.54, 1.807) is 11.3 Å². The highest BCUT2D eigenvalue weighted by atomic mass is 79.9. The summed E-state index contributed by atoms with van der Waals surface area (Å²) in [5.41, 5.74) is 0. The summed E-state index contributed by atoms with van der Waals surface area (Å²) in [7, 11) is 0. The van der Waals surface area contributed by atoms with Crippen molar-refractivity contribution in [3.63, 3.8) is 0 Å². The van der Waals surface area contributed by atoms with Gasteiger partial charge in [0, 0.05) is 27.3 Å². The van der Waals surface area contributed by atoms with Crippen molar-refractivity contribution < 1.29 is 17.9 Å². The van der Waals surface area contributed by atoms with E-state index in [1.165, 1.54) is 4.88 Å². The van der Waals surface area contributed by atoms with Gasteiger partial charge in [-0.1, -0.05) is 0 Å². The summed E-state index contributed by atoms with van der Waals surface area (Å²) in [6.07, 6.45) is -1.23. The van der Waals surface area contributed by atoms with Crippen LogP contribution in [0.15, 0.2) is 15.9 Å². The highest BCUT2D eigenvalue weighted by Gasteiger charge is 2.31. The maximum absolute atomic E-state index is 12.1. The third-order valence-corrected chi connectivity index (χ3v) is 4.99. The van der Waals surface area contributed by atoms with Crippen LogP contribution < -0.4 is 5.32 Å². The van der Waals surface area contributed by atoms with Gasteiger partial charge in [0.05, 0.1) is 6.10 Å². The Labute approximate surface area is 128 Å². The maximum Gasteiger partial charge on any atom is 0.411 e. The highest BCUT2D eigenvalue weighted by Crippen LogP contribution is 2.25. The summed E-state index contributed by atoms with van der Waals surface area (Å²) in [6, 6.07) is 2.29. The van der Waals surface area contributed by atoms with Gasteiger partial charge in [-0.15, -0.1) is 11.3 Å². The fourth-order valence-electron chi connectivity index (χ4n) is 2.39. The molecule has 2 atom stereocenters. The number of hydrogen-bond donors (Lipinski definition) is 1. The van der Waals surface area contributed by atoms with Gasteiger partial charge < -0.3 is 10.1 Å². The fraction of sp³-hybridized carbons (Fsp3) is 0.692.